The van der Waals surface area contributed by atoms with Gasteiger partial charge >= 0.3 is 0 Å². The van der Waals surface area contributed by atoms with E-state index in [1.165, 1.54) is 23.8 Å². The van der Waals surface area contributed by atoms with Crippen LogP contribution < -0.4 is 0 Å². The highest BCUT2D eigenvalue weighted by Gasteiger charge is 2.59. The number of aryl methyl sites for hydroxylation is 1. The summed E-state index contributed by atoms with van der Waals surface area (Å²) >= 11 is 0. The summed E-state index contributed by atoms with van der Waals surface area (Å²) in [5.74, 6) is 0.579. The van der Waals surface area contributed by atoms with Crippen molar-refractivity contribution in [3.05, 3.63) is 29.5 Å². The third kappa shape index (κ3) is 2.56. The fourth-order valence-electron chi connectivity index (χ4n) is 7.21. The van der Waals surface area contributed by atoms with E-state index in [0.717, 1.165) is 43.3 Å². The Morgan fingerprint density at radius 3 is 2.52 bits per heavy atom. The van der Waals surface area contributed by atoms with Crippen LogP contribution in [0.3, 0.4) is 0 Å². The van der Waals surface area contributed by atoms with Crippen LogP contribution in [-0.4, -0.2) is 43.4 Å². The van der Waals surface area contributed by atoms with Crippen molar-refractivity contribution in [2.24, 2.45) is 12.5 Å². The maximum atomic E-state index is 13.8. The lowest BCUT2D eigenvalue weighted by Crippen LogP contribution is -2.68. The quantitative estimate of drug-likeness (QED) is 0.862. The van der Waals surface area contributed by atoms with Gasteiger partial charge in [0.1, 0.15) is 0 Å². The number of carbonyl (C=O) groups is 1. The van der Waals surface area contributed by atoms with Crippen LogP contribution in [0.5, 0.6) is 0 Å². The summed E-state index contributed by atoms with van der Waals surface area (Å²) in [4.78, 5) is 15.9. The van der Waals surface area contributed by atoms with Gasteiger partial charge in [0.2, 0.25) is 5.91 Å². The molecule has 1 amide bonds. The highest BCUT2D eigenvalue weighted by Crippen LogP contribution is 2.58. The van der Waals surface area contributed by atoms with Gasteiger partial charge in [0.15, 0.2) is 0 Å². The second kappa shape index (κ2) is 5.63. The molecule has 5 heteroatoms. The van der Waals surface area contributed by atoms with Crippen LogP contribution in [0, 0.1) is 5.41 Å². The van der Waals surface area contributed by atoms with Crippen LogP contribution in [0.4, 0.5) is 0 Å². The Morgan fingerprint density at radius 1 is 1.21 bits per heavy atom. The number of carbonyl (C=O) groups excluding carboxylic acids is 1. The number of hydrogen-bond donors (Lipinski definition) is 1. The van der Waals surface area contributed by atoms with Gasteiger partial charge in [-0.2, -0.15) is 5.10 Å². The third-order valence-electron chi connectivity index (χ3n) is 8.22. The molecular weight excluding hydrogens is 362 g/mol. The van der Waals surface area contributed by atoms with E-state index in [1.807, 2.05) is 18.7 Å². The molecule has 2 saturated heterocycles. The minimum atomic E-state index is -0.558. The standard InChI is InChI=1S/C24H31N3O2/c1-14(21-20-18(15-7-8-15)5-4-6-19(20)26(3)25-21)22(28)27-16-9-23(2)10-17(27)12-24(29,11-16)13-23/h4-6,14-17,29H,7-13H2,1-3H3. The Kier molecular flexibility index (Phi) is 3.48. The van der Waals surface area contributed by atoms with Gasteiger partial charge in [-0.05, 0) is 74.8 Å². The van der Waals surface area contributed by atoms with Crippen molar-refractivity contribution in [3.63, 3.8) is 0 Å². The Hall–Kier alpha value is -1.88. The van der Waals surface area contributed by atoms with Gasteiger partial charge in [-0.25, -0.2) is 0 Å². The second-order valence-electron chi connectivity index (χ2n) is 10.8. The number of piperidine rings is 2. The van der Waals surface area contributed by atoms with Gasteiger partial charge in [0, 0.05) is 24.5 Å². The maximum Gasteiger partial charge on any atom is 0.232 e. The molecule has 0 spiro atoms. The van der Waals surface area contributed by atoms with E-state index in [2.05, 4.69) is 30.0 Å². The molecule has 1 aromatic heterocycles. The van der Waals surface area contributed by atoms with Crippen molar-refractivity contribution in [2.45, 2.75) is 88.3 Å². The van der Waals surface area contributed by atoms with Crippen LogP contribution in [-0.2, 0) is 11.8 Å². The van der Waals surface area contributed by atoms with Gasteiger partial charge in [-0.15, -0.1) is 0 Å². The average molecular weight is 394 g/mol. The summed E-state index contributed by atoms with van der Waals surface area (Å²) < 4.78 is 1.94. The highest BCUT2D eigenvalue weighted by molar-refractivity contribution is 5.93. The van der Waals surface area contributed by atoms with Crippen LogP contribution in [0.25, 0.3) is 10.9 Å². The van der Waals surface area contributed by atoms with Crippen LogP contribution >= 0.6 is 0 Å². The van der Waals surface area contributed by atoms with E-state index in [-0.39, 0.29) is 29.3 Å². The van der Waals surface area contributed by atoms with Crippen molar-refractivity contribution in [1.82, 2.24) is 14.7 Å². The Labute approximate surface area is 172 Å². The van der Waals surface area contributed by atoms with E-state index in [9.17, 15) is 9.90 Å². The zero-order chi connectivity index (χ0) is 20.1. The monoisotopic (exact) mass is 393 g/mol. The number of amides is 1. The number of benzene rings is 1. The first-order valence-corrected chi connectivity index (χ1v) is 11.3. The topological polar surface area (TPSA) is 58.4 Å². The summed E-state index contributed by atoms with van der Waals surface area (Å²) in [5, 5.41) is 17.1. The average Bonchev–Trinajstić information content (AvgIpc) is 3.42. The van der Waals surface area contributed by atoms with Gasteiger partial charge in [0.25, 0.3) is 0 Å². The summed E-state index contributed by atoms with van der Waals surface area (Å²) in [6.07, 6.45) is 6.93. The molecular formula is C24H31N3O2. The van der Waals surface area contributed by atoms with E-state index in [4.69, 9.17) is 5.10 Å². The first-order valence-electron chi connectivity index (χ1n) is 11.3. The molecule has 5 fully saturated rings. The molecule has 2 aromatic rings. The van der Waals surface area contributed by atoms with Gasteiger partial charge < -0.3 is 10.0 Å². The van der Waals surface area contributed by atoms with Gasteiger partial charge in [0.05, 0.1) is 22.7 Å². The lowest BCUT2D eigenvalue weighted by atomic mass is 9.54. The van der Waals surface area contributed by atoms with E-state index < -0.39 is 5.60 Å². The van der Waals surface area contributed by atoms with Crippen molar-refractivity contribution in [2.75, 3.05) is 0 Å². The molecule has 7 rings (SSSR count). The molecule has 2 aliphatic heterocycles. The molecule has 0 radical (unpaired) electrons. The van der Waals surface area contributed by atoms with E-state index in [1.54, 1.807) is 0 Å². The van der Waals surface area contributed by atoms with Crippen molar-refractivity contribution in [3.8, 4) is 0 Å². The van der Waals surface area contributed by atoms with Gasteiger partial charge in [-0.3, -0.25) is 9.48 Å². The molecule has 1 N–H and O–H groups in total. The zero-order valence-electron chi connectivity index (χ0n) is 17.7. The first-order chi connectivity index (χ1) is 13.8. The number of rotatable bonds is 3. The lowest BCUT2D eigenvalue weighted by Gasteiger charge is -2.63. The minimum absolute atomic E-state index is 0.180. The summed E-state index contributed by atoms with van der Waals surface area (Å²) in [7, 11) is 1.99. The number of fused-ring (bicyclic) bond motifs is 1. The second-order valence-corrected chi connectivity index (χ2v) is 10.8. The van der Waals surface area contributed by atoms with Crippen LogP contribution in [0.15, 0.2) is 18.2 Å². The molecule has 5 aliphatic rings. The molecule has 154 valence electrons. The van der Waals surface area contributed by atoms with Crippen LogP contribution in [0.1, 0.15) is 81.9 Å². The van der Waals surface area contributed by atoms with Gasteiger partial charge in [-0.1, -0.05) is 19.1 Å². The summed E-state index contributed by atoms with van der Waals surface area (Å²) in [6.45, 7) is 4.34. The molecule has 1 aromatic carbocycles. The molecule has 3 unspecified atom stereocenters. The third-order valence-corrected chi connectivity index (χ3v) is 8.22. The van der Waals surface area contributed by atoms with Crippen molar-refractivity contribution >= 4 is 16.8 Å². The minimum Gasteiger partial charge on any atom is -0.390 e. The number of aromatic nitrogens is 2. The first kappa shape index (κ1) is 17.9. The van der Waals surface area contributed by atoms with Crippen molar-refractivity contribution in [1.29, 1.82) is 0 Å². The van der Waals surface area contributed by atoms with E-state index >= 15 is 0 Å². The SMILES string of the molecule is CC(C(=O)N1C2CC3(C)CC1CC(O)(C2)C3)c1nn(C)c2cccc(C3CC3)c12. The van der Waals surface area contributed by atoms with E-state index in [0.29, 0.717) is 5.92 Å². The molecule has 3 atom stereocenters. The molecule has 29 heavy (non-hydrogen) atoms. The number of hydrogen-bond acceptors (Lipinski definition) is 3. The molecule has 3 heterocycles. The maximum absolute atomic E-state index is 13.8. The largest absolute Gasteiger partial charge is 0.390 e. The van der Waals surface area contributed by atoms with Crippen molar-refractivity contribution < 1.29 is 9.90 Å². The van der Waals surface area contributed by atoms with Crippen LogP contribution in [0.2, 0.25) is 0 Å². The molecule has 3 aliphatic carbocycles. The molecule has 3 saturated carbocycles. The zero-order valence-corrected chi connectivity index (χ0v) is 17.7. The molecule has 5 nitrogen and oxygen atoms in total. The molecule has 4 bridgehead atoms. The lowest BCUT2D eigenvalue weighted by molar-refractivity contribution is -0.193. The normalized spacial score (nSPS) is 36.8. The Morgan fingerprint density at radius 2 is 1.90 bits per heavy atom. The highest BCUT2D eigenvalue weighted by atomic mass is 16.3. The Bertz CT molecular complexity index is 985. The predicted octanol–water partition coefficient (Wildman–Crippen LogP) is 3.85. The smallest absolute Gasteiger partial charge is 0.232 e. The summed E-state index contributed by atoms with van der Waals surface area (Å²) in [6, 6.07) is 6.82. The predicted molar refractivity (Wildman–Crippen MR) is 112 cm³/mol. The number of aliphatic hydroxyl groups is 1. The fraction of sp³-hybridized carbons (Fsp3) is 0.667. The fourth-order valence-corrected chi connectivity index (χ4v) is 7.21. The summed E-state index contributed by atoms with van der Waals surface area (Å²) in [5.41, 5.74) is 3.07. The Balaban J connectivity index is 1.38. The number of nitrogens with zero attached hydrogens (tertiary/aromatic N) is 3.